The van der Waals surface area contributed by atoms with Crippen molar-refractivity contribution < 1.29 is 0 Å². The average molecular weight is 540 g/mol. The molecule has 1 aromatic heterocycles. The van der Waals surface area contributed by atoms with Gasteiger partial charge in [0.05, 0.1) is 46.1 Å². The first-order valence-corrected chi connectivity index (χ1v) is 14.4. The molecule has 0 unspecified atom stereocenters. The number of hydrogen-bond donors (Lipinski definition) is 0. The van der Waals surface area contributed by atoms with Crippen molar-refractivity contribution in [2.75, 3.05) is 0 Å². The first-order chi connectivity index (χ1) is 21.0. The van der Waals surface area contributed by atoms with Gasteiger partial charge in [0.25, 0.3) is 0 Å². The summed E-state index contributed by atoms with van der Waals surface area (Å²) in [6, 6.07) is 48.7. The molecule has 0 saturated carbocycles. The van der Waals surface area contributed by atoms with E-state index in [-0.39, 0.29) is 0 Å². The molecule has 0 N–H and O–H groups in total. The van der Waals surface area contributed by atoms with Gasteiger partial charge in [0.1, 0.15) is 0 Å². The lowest BCUT2D eigenvalue weighted by Gasteiger charge is -2.24. The van der Waals surface area contributed by atoms with Crippen LogP contribution in [-0.4, -0.2) is 33.1 Å². The highest BCUT2D eigenvalue weighted by molar-refractivity contribution is 6.58. The Hall–Kier alpha value is -5.02. The van der Waals surface area contributed by atoms with Gasteiger partial charge >= 0.3 is 0 Å². The normalized spacial score (nSPS) is 12.0. The summed E-state index contributed by atoms with van der Waals surface area (Å²) in [7, 11) is 19.0. The van der Waals surface area contributed by atoms with Crippen LogP contribution in [0.2, 0.25) is 0 Å². The van der Waals surface area contributed by atoms with Crippen molar-refractivity contribution in [2.45, 2.75) is 5.11 Å². The molecule has 0 saturated heterocycles. The fourth-order valence-electron chi connectivity index (χ4n) is 6.59. The molecule has 8 aromatic rings. The summed E-state index contributed by atoms with van der Waals surface area (Å²) in [5, 5.41) is 5.48. The second kappa shape index (κ2) is 9.78. The summed E-state index contributed by atoms with van der Waals surface area (Å²) in [4.78, 5) is 4.79. The van der Waals surface area contributed by atoms with Gasteiger partial charge in [-0.1, -0.05) is 126 Å². The molecule has 0 aliphatic heterocycles. The zero-order valence-electron chi connectivity index (χ0n) is 23.4. The second-order valence-electron chi connectivity index (χ2n) is 11.1. The Morgan fingerprint density at radius 3 is 1.63 bits per heavy atom. The summed E-state index contributed by atoms with van der Waals surface area (Å²) in [5.74, 6) is 0.391. The molecule has 6 radical (unpaired) electrons. The van der Waals surface area contributed by atoms with Crippen molar-refractivity contribution in [2.24, 2.45) is 0 Å². The van der Waals surface area contributed by atoms with E-state index in [4.69, 9.17) is 28.5 Å². The fraction of sp³-hybridized carbons (Fsp3) is 0.0263. The summed E-state index contributed by atoms with van der Waals surface area (Å²) < 4.78 is 2.01. The number of imidazole rings is 1. The van der Waals surface area contributed by atoms with E-state index in [1.165, 1.54) is 32.7 Å². The molecular weight excluding hydrogens is 517 g/mol. The van der Waals surface area contributed by atoms with Gasteiger partial charge in [-0.2, -0.15) is 0 Å². The monoisotopic (exact) mass is 540 g/mol. The van der Waals surface area contributed by atoms with Crippen LogP contribution in [0.25, 0.3) is 71.3 Å². The van der Waals surface area contributed by atoms with Crippen molar-refractivity contribution in [1.29, 1.82) is 0 Å². The van der Waals surface area contributed by atoms with Crippen LogP contribution in [0.3, 0.4) is 0 Å². The third-order valence-corrected chi connectivity index (χ3v) is 8.35. The number of hydrogen-bond acceptors (Lipinski definition) is 1. The quantitative estimate of drug-likeness (QED) is 0.162. The maximum absolute atomic E-state index is 6.33. The van der Waals surface area contributed by atoms with Gasteiger partial charge in [-0.3, -0.25) is 4.57 Å². The van der Waals surface area contributed by atoms with E-state index in [9.17, 15) is 0 Å². The lowest BCUT2D eigenvalue weighted by Crippen LogP contribution is -2.31. The minimum absolute atomic E-state index is 0.391. The van der Waals surface area contributed by atoms with Crippen LogP contribution in [-0.2, 0) is 5.11 Å². The van der Waals surface area contributed by atoms with Crippen LogP contribution in [0.15, 0.2) is 140 Å². The molecule has 8 rings (SSSR count). The Labute approximate surface area is 254 Å². The molecule has 0 amide bonds. The smallest absolute Gasteiger partial charge is 0.0951 e. The number of fused-ring (bicyclic) bond motifs is 4. The van der Waals surface area contributed by atoms with Gasteiger partial charge in [-0.15, -0.1) is 0 Å². The largest absolute Gasteiger partial charge is 0.297 e. The van der Waals surface area contributed by atoms with Crippen molar-refractivity contribution >= 4 is 66.9 Å². The molecule has 7 aromatic carbocycles. The van der Waals surface area contributed by atoms with E-state index in [1.54, 1.807) is 0 Å². The van der Waals surface area contributed by atoms with Gasteiger partial charge in [-0.25, -0.2) is 4.98 Å². The van der Waals surface area contributed by atoms with Crippen molar-refractivity contribution in [3.63, 3.8) is 0 Å². The summed E-state index contributed by atoms with van der Waals surface area (Å²) in [6.45, 7) is 0. The first-order valence-electron chi connectivity index (χ1n) is 14.4. The Morgan fingerprint density at radius 2 is 0.953 bits per heavy atom. The number of para-hydroxylation sites is 3. The maximum atomic E-state index is 6.33. The molecule has 0 spiro atoms. The highest BCUT2D eigenvalue weighted by Crippen LogP contribution is 2.46. The zero-order valence-corrected chi connectivity index (χ0v) is 23.4. The molecule has 0 atom stereocenters. The predicted molar refractivity (Wildman–Crippen MR) is 183 cm³/mol. The summed E-state index contributed by atoms with van der Waals surface area (Å²) in [6.07, 6.45) is 0. The van der Waals surface area contributed by atoms with Gasteiger partial charge in [0.2, 0.25) is 0 Å². The second-order valence-corrected chi connectivity index (χ2v) is 11.1. The molecule has 0 bridgehead atoms. The first kappa shape index (κ1) is 25.7. The number of aromatic nitrogens is 2. The minimum atomic E-state index is -1.64. The van der Waals surface area contributed by atoms with Crippen molar-refractivity contribution in [1.82, 2.24) is 9.55 Å². The lowest BCUT2D eigenvalue weighted by atomic mass is 9.42. The van der Waals surface area contributed by atoms with Gasteiger partial charge in [0, 0.05) is 5.56 Å². The maximum Gasteiger partial charge on any atom is 0.0951 e. The standard InChI is InChI=1S/C38H23B3N2/c39-38(40,41)37-42-32-21-8-10-23-34(32)43(37)33-22-9-7-19-31(33)36-29-17-5-3-15-27(29)35(28-16-4-6-18-30(28)36)26-20-11-13-24-12-1-2-14-25(24)26/h1-23H. The van der Waals surface area contributed by atoms with E-state index >= 15 is 0 Å². The van der Waals surface area contributed by atoms with Crippen LogP contribution in [0.1, 0.15) is 5.82 Å². The van der Waals surface area contributed by atoms with Crippen LogP contribution in [0, 0.1) is 0 Å². The van der Waals surface area contributed by atoms with Gasteiger partial charge < -0.3 is 0 Å². The Morgan fingerprint density at radius 1 is 0.465 bits per heavy atom. The average Bonchev–Trinajstić information content (AvgIpc) is 3.44. The van der Waals surface area contributed by atoms with Crippen molar-refractivity contribution in [3.8, 4) is 27.9 Å². The van der Waals surface area contributed by atoms with Crippen LogP contribution in [0.4, 0.5) is 0 Å². The lowest BCUT2D eigenvalue weighted by molar-refractivity contribution is 0.931. The Balaban J connectivity index is 1.52. The zero-order chi connectivity index (χ0) is 29.1. The van der Waals surface area contributed by atoms with Gasteiger partial charge in [0.15, 0.2) is 0 Å². The highest BCUT2D eigenvalue weighted by atomic mass is 15.1. The molecule has 0 aliphatic carbocycles. The Bertz CT molecular complexity index is 2290. The highest BCUT2D eigenvalue weighted by Gasteiger charge is 2.25. The third-order valence-electron chi connectivity index (χ3n) is 8.35. The molecule has 5 heteroatoms. The van der Waals surface area contributed by atoms with Crippen molar-refractivity contribution in [3.05, 3.63) is 145 Å². The van der Waals surface area contributed by atoms with E-state index in [0.717, 1.165) is 38.6 Å². The third kappa shape index (κ3) is 4.03. The van der Waals surface area contributed by atoms with E-state index < -0.39 is 5.11 Å². The van der Waals surface area contributed by atoms with E-state index in [1.807, 2.05) is 34.9 Å². The molecule has 194 valence electrons. The number of nitrogens with zero attached hydrogens (tertiary/aromatic N) is 2. The topological polar surface area (TPSA) is 17.8 Å². The molecule has 0 aliphatic rings. The molecule has 0 fully saturated rings. The SMILES string of the molecule is [B]C([B])([B])c1nc2ccccc2n1-c1ccccc1-c1c2ccccc2c(-c2cccc3ccccc23)c2ccccc12. The van der Waals surface area contributed by atoms with E-state index in [2.05, 4.69) is 109 Å². The summed E-state index contributed by atoms with van der Waals surface area (Å²) >= 11 is 0. The van der Waals surface area contributed by atoms with Crippen LogP contribution in [0.5, 0.6) is 0 Å². The molecule has 2 nitrogen and oxygen atoms in total. The molecule has 43 heavy (non-hydrogen) atoms. The number of rotatable bonds is 4. The van der Waals surface area contributed by atoms with E-state index in [0.29, 0.717) is 5.82 Å². The Kier molecular flexibility index (Phi) is 5.84. The van der Waals surface area contributed by atoms with Gasteiger partial charge in [-0.05, 0) is 67.2 Å². The molecule has 1 heterocycles. The van der Waals surface area contributed by atoms with Crippen LogP contribution >= 0.6 is 0 Å². The molecular formula is C38H23B3N2. The number of benzene rings is 7. The van der Waals surface area contributed by atoms with Crippen LogP contribution < -0.4 is 0 Å². The summed E-state index contributed by atoms with van der Waals surface area (Å²) in [5.41, 5.74) is 7.18. The predicted octanol–water partition coefficient (Wildman–Crippen LogP) is 8.43. The minimum Gasteiger partial charge on any atom is -0.297 e. The fourth-order valence-corrected chi connectivity index (χ4v) is 6.59.